The number of carbonyl (C=O) groups excluding carboxylic acids is 2. The second-order valence-electron chi connectivity index (χ2n) is 6.75. The normalized spacial score (nSPS) is 10.9. The number of nitrogens with zero attached hydrogens (tertiary/aromatic N) is 1. The van der Waals surface area contributed by atoms with E-state index in [1.54, 1.807) is 18.2 Å². The standard InChI is InChI=1S/C22H19N3O6/c1-13-5-6-18-17(9-13)21(28)15(12-31-18)11-23-25-20(27)8-7-19(26)24-16-4-2-3-14(10-16)22(29)30/h2-6,9-12H,7-8H2,1H3,(H,24,26)(H,25,27)(H,29,30)/b23-11+. The lowest BCUT2D eigenvalue weighted by Crippen LogP contribution is -2.21. The van der Waals surface area contributed by atoms with Gasteiger partial charge in [-0.05, 0) is 37.3 Å². The zero-order chi connectivity index (χ0) is 22.4. The van der Waals surface area contributed by atoms with Crippen molar-refractivity contribution in [2.75, 3.05) is 5.32 Å². The second-order valence-corrected chi connectivity index (χ2v) is 6.75. The maximum Gasteiger partial charge on any atom is 0.335 e. The van der Waals surface area contributed by atoms with Crippen LogP contribution >= 0.6 is 0 Å². The van der Waals surface area contributed by atoms with Crippen LogP contribution in [-0.2, 0) is 9.59 Å². The Bertz CT molecular complexity index is 1250. The average molecular weight is 421 g/mol. The zero-order valence-corrected chi connectivity index (χ0v) is 16.5. The average Bonchev–Trinajstić information content (AvgIpc) is 2.74. The topological polar surface area (TPSA) is 138 Å². The van der Waals surface area contributed by atoms with Crippen LogP contribution in [0.5, 0.6) is 0 Å². The Balaban J connectivity index is 1.53. The molecule has 0 atom stereocenters. The number of rotatable bonds is 7. The van der Waals surface area contributed by atoms with Crippen molar-refractivity contribution in [2.45, 2.75) is 19.8 Å². The van der Waals surface area contributed by atoms with Gasteiger partial charge in [0.05, 0.1) is 22.7 Å². The molecule has 3 N–H and O–H groups in total. The van der Waals surface area contributed by atoms with Crippen LogP contribution in [0.2, 0.25) is 0 Å². The van der Waals surface area contributed by atoms with E-state index in [4.69, 9.17) is 9.52 Å². The van der Waals surface area contributed by atoms with Crippen LogP contribution in [-0.4, -0.2) is 29.1 Å². The SMILES string of the molecule is Cc1ccc2occ(/C=N/NC(=O)CCC(=O)Nc3cccc(C(=O)O)c3)c(=O)c2c1. The number of carboxylic acid groups (broad SMARTS) is 1. The number of hydrogen-bond donors (Lipinski definition) is 3. The maximum atomic E-state index is 12.5. The van der Waals surface area contributed by atoms with Crippen molar-refractivity contribution >= 4 is 40.7 Å². The molecule has 0 saturated carbocycles. The third-order valence-electron chi connectivity index (χ3n) is 4.32. The van der Waals surface area contributed by atoms with Crippen LogP contribution in [0, 0.1) is 6.92 Å². The molecule has 1 aromatic heterocycles. The van der Waals surface area contributed by atoms with Gasteiger partial charge in [-0.2, -0.15) is 5.10 Å². The lowest BCUT2D eigenvalue weighted by molar-refractivity contribution is -0.124. The number of carboxylic acids is 1. The van der Waals surface area contributed by atoms with Crippen molar-refractivity contribution in [3.05, 3.63) is 75.6 Å². The van der Waals surface area contributed by atoms with E-state index in [1.165, 1.54) is 30.7 Å². The Morgan fingerprint density at radius 3 is 2.65 bits per heavy atom. The molecule has 31 heavy (non-hydrogen) atoms. The predicted octanol–water partition coefficient (Wildman–Crippen LogP) is 2.67. The largest absolute Gasteiger partial charge is 0.478 e. The summed E-state index contributed by atoms with van der Waals surface area (Å²) in [6.07, 6.45) is 2.17. The third kappa shape index (κ3) is 5.63. The Hall–Kier alpha value is -4.27. The highest BCUT2D eigenvalue weighted by Crippen LogP contribution is 2.13. The number of aromatic carboxylic acids is 1. The van der Waals surface area contributed by atoms with Gasteiger partial charge in [-0.25, -0.2) is 10.2 Å². The Kier molecular flexibility index (Phi) is 6.56. The monoisotopic (exact) mass is 421 g/mol. The minimum absolute atomic E-state index is 0.0400. The lowest BCUT2D eigenvalue weighted by atomic mass is 10.1. The summed E-state index contributed by atoms with van der Waals surface area (Å²) in [5, 5.41) is 15.6. The highest BCUT2D eigenvalue weighted by atomic mass is 16.4. The molecule has 0 aliphatic carbocycles. The number of aryl methyl sites for hydroxylation is 1. The van der Waals surface area contributed by atoms with E-state index < -0.39 is 17.8 Å². The first kappa shape index (κ1) is 21.4. The third-order valence-corrected chi connectivity index (χ3v) is 4.32. The van der Waals surface area contributed by atoms with Crippen LogP contribution in [0.25, 0.3) is 11.0 Å². The molecule has 2 aromatic carbocycles. The fraction of sp³-hybridized carbons (Fsp3) is 0.136. The molecule has 3 rings (SSSR count). The first-order chi connectivity index (χ1) is 14.8. The maximum absolute atomic E-state index is 12.5. The summed E-state index contributed by atoms with van der Waals surface area (Å²) in [5.41, 5.74) is 3.88. The van der Waals surface area contributed by atoms with Crippen molar-refractivity contribution in [1.82, 2.24) is 5.43 Å². The fourth-order valence-corrected chi connectivity index (χ4v) is 2.76. The van der Waals surface area contributed by atoms with Gasteiger partial charge < -0.3 is 14.8 Å². The molecule has 0 fully saturated rings. The number of carbonyl (C=O) groups is 3. The summed E-state index contributed by atoms with van der Waals surface area (Å²) in [4.78, 5) is 47.3. The Morgan fingerprint density at radius 2 is 1.87 bits per heavy atom. The summed E-state index contributed by atoms with van der Waals surface area (Å²) >= 11 is 0. The first-order valence-electron chi connectivity index (χ1n) is 9.31. The zero-order valence-electron chi connectivity index (χ0n) is 16.5. The Morgan fingerprint density at radius 1 is 1.10 bits per heavy atom. The molecule has 9 heteroatoms. The summed E-state index contributed by atoms with van der Waals surface area (Å²) < 4.78 is 5.40. The highest BCUT2D eigenvalue weighted by molar-refractivity contribution is 5.95. The molecule has 9 nitrogen and oxygen atoms in total. The van der Waals surface area contributed by atoms with Gasteiger partial charge in [-0.3, -0.25) is 14.4 Å². The smallest absolute Gasteiger partial charge is 0.335 e. The summed E-state index contributed by atoms with van der Waals surface area (Å²) in [6, 6.07) is 11.0. The molecule has 0 unspecified atom stereocenters. The van der Waals surface area contributed by atoms with Gasteiger partial charge >= 0.3 is 5.97 Å². The molecule has 0 saturated heterocycles. The first-order valence-corrected chi connectivity index (χ1v) is 9.31. The number of fused-ring (bicyclic) bond motifs is 1. The van der Waals surface area contributed by atoms with E-state index in [2.05, 4.69) is 15.8 Å². The number of nitrogens with one attached hydrogen (secondary N) is 2. The van der Waals surface area contributed by atoms with Crippen molar-refractivity contribution in [3.63, 3.8) is 0 Å². The number of hydrazone groups is 1. The van der Waals surface area contributed by atoms with E-state index >= 15 is 0 Å². The molecule has 0 spiro atoms. The van der Waals surface area contributed by atoms with Gasteiger partial charge in [0.1, 0.15) is 11.8 Å². The van der Waals surface area contributed by atoms with Crippen molar-refractivity contribution in [2.24, 2.45) is 5.10 Å². The molecule has 158 valence electrons. The molecule has 0 bridgehead atoms. The van der Waals surface area contributed by atoms with Crippen LogP contribution in [0.3, 0.4) is 0 Å². The summed E-state index contributed by atoms with van der Waals surface area (Å²) in [7, 11) is 0. The summed E-state index contributed by atoms with van der Waals surface area (Å²) in [6.45, 7) is 1.86. The highest BCUT2D eigenvalue weighted by Gasteiger charge is 2.09. The van der Waals surface area contributed by atoms with E-state index in [0.717, 1.165) is 5.56 Å². The van der Waals surface area contributed by atoms with E-state index in [1.807, 2.05) is 13.0 Å². The molecule has 0 aliphatic heterocycles. The second kappa shape index (κ2) is 9.49. The van der Waals surface area contributed by atoms with Gasteiger partial charge in [0.2, 0.25) is 17.2 Å². The van der Waals surface area contributed by atoms with E-state index in [-0.39, 0.29) is 29.4 Å². The molecule has 0 radical (unpaired) electrons. The Labute approximate surface area is 176 Å². The van der Waals surface area contributed by atoms with E-state index in [9.17, 15) is 19.2 Å². The van der Waals surface area contributed by atoms with Gasteiger partial charge in [-0.15, -0.1) is 0 Å². The molecule has 2 amide bonds. The number of anilines is 1. The summed E-state index contributed by atoms with van der Waals surface area (Å²) in [5.74, 6) is -2.08. The molecule has 0 aliphatic rings. The minimum Gasteiger partial charge on any atom is -0.478 e. The van der Waals surface area contributed by atoms with Gasteiger partial charge in [-0.1, -0.05) is 17.7 Å². The fourth-order valence-electron chi connectivity index (χ4n) is 2.76. The van der Waals surface area contributed by atoms with Gasteiger partial charge in [0.25, 0.3) is 0 Å². The molecular weight excluding hydrogens is 402 g/mol. The molecule has 1 heterocycles. The predicted molar refractivity (Wildman–Crippen MR) is 114 cm³/mol. The van der Waals surface area contributed by atoms with Crippen LogP contribution in [0.4, 0.5) is 5.69 Å². The van der Waals surface area contributed by atoms with Crippen LogP contribution in [0.1, 0.15) is 34.3 Å². The van der Waals surface area contributed by atoms with Gasteiger partial charge in [0, 0.05) is 18.5 Å². The quantitative estimate of drug-likeness (QED) is 0.396. The molecular formula is C22H19N3O6. The lowest BCUT2D eigenvalue weighted by Gasteiger charge is -2.05. The number of benzene rings is 2. The number of hydrogen-bond acceptors (Lipinski definition) is 6. The van der Waals surface area contributed by atoms with Crippen LogP contribution < -0.4 is 16.2 Å². The minimum atomic E-state index is -1.11. The van der Waals surface area contributed by atoms with Crippen molar-refractivity contribution in [1.29, 1.82) is 0 Å². The van der Waals surface area contributed by atoms with E-state index in [0.29, 0.717) is 16.7 Å². The van der Waals surface area contributed by atoms with Gasteiger partial charge in [0.15, 0.2) is 0 Å². The number of amides is 2. The van der Waals surface area contributed by atoms with Crippen molar-refractivity contribution < 1.29 is 23.9 Å². The van der Waals surface area contributed by atoms with Crippen molar-refractivity contribution in [3.8, 4) is 0 Å². The molecule has 3 aromatic rings. The van der Waals surface area contributed by atoms with Crippen LogP contribution in [0.15, 0.2) is 63.0 Å².